The first kappa shape index (κ1) is 9.56. The highest BCUT2D eigenvalue weighted by Gasteiger charge is 2.20. The molecule has 14 heavy (non-hydrogen) atoms. The number of aromatic amines is 1. The van der Waals surface area contributed by atoms with E-state index in [0.717, 1.165) is 5.69 Å². The van der Waals surface area contributed by atoms with Gasteiger partial charge in [0.2, 0.25) is 0 Å². The fourth-order valence-electron chi connectivity index (χ4n) is 1.82. The zero-order valence-electron chi connectivity index (χ0n) is 9.30. The smallest absolute Gasteiger partial charge is 0.124 e. The molecule has 78 valence electrons. The van der Waals surface area contributed by atoms with Crippen LogP contribution in [0.4, 0.5) is 5.82 Å². The standard InChI is InChI=1S/C11H19N3/c1-11(2,3)9-8-10(13-12-9)14-6-4-5-7-14/h8H,4-7H2,1-3H3,(H,12,13). The summed E-state index contributed by atoms with van der Waals surface area (Å²) in [4.78, 5) is 2.38. The summed E-state index contributed by atoms with van der Waals surface area (Å²) in [6.07, 6.45) is 2.62. The number of aromatic nitrogens is 2. The summed E-state index contributed by atoms with van der Waals surface area (Å²) in [6, 6.07) is 2.19. The van der Waals surface area contributed by atoms with Crippen LogP contribution in [0.2, 0.25) is 0 Å². The lowest BCUT2D eigenvalue weighted by atomic mass is 9.92. The van der Waals surface area contributed by atoms with Gasteiger partial charge in [0.15, 0.2) is 0 Å². The third-order valence-corrected chi connectivity index (χ3v) is 2.78. The fraction of sp³-hybridized carbons (Fsp3) is 0.727. The Bertz CT molecular complexity index is 303. The van der Waals surface area contributed by atoms with Gasteiger partial charge in [-0.1, -0.05) is 20.8 Å². The van der Waals surface area contributed by atoms with Crippen molar-refractivity contribution in [2.45, 2.75) is 39.0 Å². The van der Waals surface area contributed by atoms with Crippen molar-refractivity contribution in [3.05, 3.63) is 11.8 Å². The molecule has 1 N–H and O–H groups in total. The molecule has 1 fully saturated rings. The lowest BCUT2D eigenvalue weighted by Gasteiger charge is -2.15. The van der Waals surface area contributed by atoms with Crippen molar-refractivity contribution < 1.29 is 0 Å². The second kappa shape index (κ2) is 3.30. The van der Waals surface area contributed by atoms with Crippen LogP contribution in [0.3, 0.4) is 0 Å². The van der Waals surface area contributed by atoms with Gasteiger partial charge in [0.1, 0.15) is 5.82 Å². The molecule has 0 aliphatic carbocycles. The number of hydrogen-bond acceptors (Lipinski definition) is 2. The molecule has 0 unspecified atom stereocenters. The van der Waals surface area contributed by atoms with Crippen LogP contribution in [-0.2, 0) is 5.41 Å². The van der Waals surface area contributed by atoms with Gasteiger partial charge in [-0.15, -0.1) is 0 Å². The molecule has 2 rings (SSSR count). The van der Waals surface area contributed by atoms with E-state index >= 15 is 0 Å². The summed E-state index contributed by atoms with van der Waals surface area (Å²) in [5, 5.41) is 7.50. The minimum Gasteiger partial charge on any atom is -0.357 e. The van der Waals surface area contributed by atoms with E-state index in [4.69, 9.17) is 0 Å². The van der Waals surface area contributed by atoms with Gasteiger partial charge in [-0.2, -0.15) is 5.10 Å². The summed E-state index contributed by atoms with van der Waals surface area (Å²) in [5.41, 5.74) is 1.30. The lowest BCUT2D eigenvalue weighted by molar-refractivity contribution is 0.567. The molecule has 1 saturated heterocycles. The Morgan fingerprint density at radius 3 is 2.43 bits per heavy atom. The Kier molecular flexibility index (Phi) is 2.25. The van der Waals surface area contributed by atoms with Crippen molar-refractivity contribution in [2.75, 3.05) is 18.0 Å². The molecule has 0 atom stereocenters. The Labute approximate surface area is 85.5 Å². The summed E-state index contributed by atoms with van der Waals surface area (Å²) in [7, 11) is 0. The van der Waals surface area contributed by atoms with Crippen LogP contribution in [0.1, 0.15) is 39.3 Å². The van der Waals surface area contributed by atoms with Gasteiger partial charge in [0, 0.05) is 24.6 Å². The Morgan fingerprint density at radius 1 is 1.29 bits per heavy atom. The van der Waals surface area contributed by atoms with Crippen molar-refractivity contribution in [1.82, 2.24) is 10.2 Å². The first-order valence-corrected chi connectivity index (χ1v) is 5.38. The van der Waals surface area contributed by atoms with Crippen LogP contribution < -0.4 is 4.90 Å². The van der Waals surface area contributed by atoms with E-state index in [9.17, 15) is 0 Å². The number of anilines is 1. The third-order valence-electron chi connectivity index (χ3n) is 2.78. The average molecular weight is 193 g/mol. The summed E-state index contributed by atoms with van der Waals surface area (Å²) in [6.45, 7) is 8.92. The number of H-pyrrole nitrogens is 1. The fourth-order valence-corrected chi connectivity index (χ4v) is 1.82. The van der Waals surface area contributed by atoms with Gasteiger partial charge in [0.25, 0.3) is 0 Å². The number of hydrogen-bond donors (Lipinski definition) is 1. The van der Waals surface area contributed by atoms with Gasteiger partial charge in [-0.3, -0.25) is 5.10 Å². The van der Waals surface area contributed by atoms with Gasteiger partial charge < -0.3 is 4.90 Å². The maximum Gasteiger partial charge on any atom is 0.124 e. The second-order valence-corrected chi connectivity index (χ2v) is 5.08. The van der Waals surface area contributed by atoms with Gasteiger partial charge in [-0.25, -0.2) is 0 Å². The van der Waals surface area contributed by atoms with E-state index in [-0.39, 0.29) is 5.41 Å². The lowest BCUT2D eigenvalue weighted by Crippen LogP contribution is -2.17. The Hall–Kier alpha value is -0.990. The number of nitrogens with one attached hydrogen (secondary N) is 1. The van der Waals surface area contributed by atoms with Crippen LogP contribution >= 0.6 is 0 Å². The highest BCUT2D eigenvalue weighted by Crippen LogP contribution is 2.25. The number of nitrogens with zero attached hydrogens (tertiary/aromatic N) is 2. The van der Waals surface area contributed by atoms with Crippen molar-refractivity contribution in [3.8, 4) is 0 Å². The van der Waals surface area contributed by atoms with Crippen molar-refractivity contribution in [3.63, 3.8) is 0 Å². The van der Waals surface area contributed by atoms with E-state index < -0.39 is 0 Å². The quantitative estimate of drug-likeness (QED) is 0.742. The first-order valence-electron chi connectivity index (χ1n) is 5.38. The van der Waals surface area contributed by atoms with Crippen LogP contribution in [0.5, 0.6) is 0 Å². The van der Waals surface area contributed by atoms with Gasteiger partial charge in [0.05, 0.1) is 5.69 Å². The SMILES string of the molecule is CC(C)(C)c1cc(N2CCCC2)[nH]n1. The maximum atomic E-state index is 4.37. The van der Waals surface area contributed by atoms with Crippen molar-refractivity contribution in [2.24, 2.45) is 0 Å². The van der Waals surface area contributed by atoms with E-state index in [0.29, 0.717) is 0 Å². The highest BCUT2D eigenvalue weighted by molar-refractivity contribution is 5.41. The molecule has 3 heteroatoms. The minimum atomic E-state index is 0.147. The molecule has 0 amide bonds. The topological polar surface area (TPSA) is 31.9 Å². The monoisotopic (exact) mass is 193 g/mol. The van der Waals surface area contributed by atoms with Crippen molar-refractivity contribution in [1.29, 1.82) is 0 Å². The molecule has 2 heterocycles. The van der Waals surface area contributed by atoms with E-state index in [1.165, 1.54) is 31.7 Å². The molecular weight excluding hydrogens is 174 g/mol. The zero-order valence-corrected chi connectivity index (χ0v) is 9.30. The molecule has 1 aliphatic rings. The molecule has 3 nitrogen and oxygen atoms in total. The Balaban J connectivity index is 2.17. The maximum absolute atomic E-state index is 4.37. The van der Waals surface area contributed by atoms with Crippen LogP contribution in [0.15, 0.2) is 6.07 Å². The van der Waals surface area contributed by atoms with Crippen LogP contribution in [-0.4, -0.2) is 23.3 Å². The zero-order chi connectivity index (χ0) is 10.2. The van der Waals surface area contributed by atoms with E-state index in [1.54, 1.807) is 0 Å². The molecule has 0 spiro atoms. The summed E-state index contributed by atoms with van der Waals surface area (Å²) in [5.74, 6) is 1.19. The molecular formula is C11H19N3. The molecule has 1 aliphatic heterocycles. The molecule has 0 saturated carbocycles. The average Bonchev–Trinajstić information content (AvgIpc) is 2.73. The predicted octanol–water partition coefficient (Wildman–Crippen LogP) is 2.31. The summed E-state index contributed by atoms with van der Waals surface area (Å²) < 4.78 is 0. The molecule has 0 radical (unpaired) electrons. The predicted molar refractivity (Wildman–Crippen MR) is 58.7 cm³/mol. The highest BCUT2D eigenvalue weighted by atomic mass is 15.3. The van der Waals surface area contributed by atoms with Crippen LogP contribution in [0.25, 0.3) is 0 Å². The number of rotatable bonds is 1. The van der Waals surface area contributed by atoms with E-state index in [1.807, 2.05) is 0 Å². The minimum absolute atomic E-state index is 0.147. The van der Waals surface area contributed by atoms with E-state index in [2.05, 4.69) is 41.9 Å². The Morgan fingerprint density at radius 2 is 1.93 bits per heavy atom. The van der Waals surface area contributed by atoms with Gasteiger partial charge >= 0.3 is 0 Å². The summed E-state index contributed by atoms with van der Waals surface area (Å²) >= 11 is 0. The molecule has 0 bridgehead atoms. The third kappa shape index (κ3) is 1.76. The normalized spacial score (nSPS) is 17.8. The van der Waals surface area contributed by atoms with Crippen LogP contribution in [0, 0.1) is 0 Å². The second-order valence-electron chi connectivity index (χ2n) is 5.08. The van der Waals surface area contributed by atoms with Gasteiger partial charge in [-0.05, 0) is 12.8 Å². The largest absolute Gasteiger partial charge is 0.357 e. The molecule has 1 aromatic rings. The molecule has 1 aromatic heterocycles. The molecule has 0 aromatic carbocycles. The van der Waals surface area contributed by atoms with Crippen molar-refractivity contribution >= 4 is 5.82 Å². The first-order chi connectivity index (χ1) is 6.57.